The molecule has 1 saturated heterocycles. The van der Waals surface area contributed by atoms with Gasteiger partial charge in [-0.1, -0.05) is 36.8 Å². The number of carbonyl (C=O) groups is 1. The Morgan fingerprint density at radius 1 is 1.52 bits per heavy atom. The minimum Gasteiger partial charge on any atom is -0.354 e. The van der Waals surface area contributed by atoms with Crippen LogP contribution in [0.2, 0.25) is 0 Å². The van der Waals surface area contributed by atoms with Crippen LogP contribution < -0.4 is 10.6 Å². The number of benzene rings is 1. The summed E-state index contributed by atoms with van der Waals surface area (Å²) in [6.07, 6.45) is -0.419. The third-order valence-electron chi connectivity index (χ3n) is 3.62. The highest BCUT2D eigenvalue weighted by Crippen LogP contribution is 2.25. The van der Waals surface area contributed by atoms with Crippen LogP contribution in [0, 0.1) is 6.92 Å². The summed E-state index contributed by atoms with van der Waals surface area (Å²) < 4.78 is 26.0. The molecule has 0 bridgehead atoms. The molecule has 0 radical (unpaired) electrons. The molecule has 0 aliphatic carbocycles. The number of nitrogens with one attached hydrogen (secondary N) is 2. The molecule has 0 aromatic heterocycles. The van der Waals surface area contributed by atoms with Crippen LogP contribution >= 0.6 is 12.4 Å². The van der Waals surface area contributed by atoms with Crippen LogP contribution in [0.25, 0.3) is 0 Å². The largest absolute Gasteiger partial charge is 0.354 e. The fourth-order valence-corrected chi connectivity index (χ4v) is 2.37. The van der Waals surface area contributed by atoms with Gasteiger partial charge in [-0.3, -0.25) is 10.1 Å². The number of halogens is 3. The minimum absolute atomic E-state index is 0. The van der Waals surface area contributed by atoms with Crippen molar-refractivity contribution >= 4 is 18.3 Å². The fraction of sp³-hybridized carbons (Fsp3) is 0.533. The molecule has 3 nitrogen and oxygen atoms in total. The molecule has 2 N–H and O–H groups in total. The third-order valence-corrected chi connectivity index (χ3v) is 3.62. The topological polar surface area (TPSA) is 41.1 Å². The van der Waals surface area contributed by atoms with Crippen LogP contribution in [0.5, 0.6) is 0 Å². The van der Waals surface area contributed by atoms with E-state index in [0.29, 0.717) is 6.54 Å². The van der Waals surface area contributed by atoms with Gasteiger partial charge in [0.05, 0.1) is 12.6 Å². The monoisotopic (exact) mass is 318 g/mol. The maximum Gasteiger partial charge on any atom is 0.262 e. The van der Waals surface area contributed by atoms with Crippen LogP contribution in [0.3, 0.4) is 0 Å². The molecule has 0 spiro atoms. The van der Waals surface area contributed by atoms with E-state index in [4.69, 9.17) is 0 Å². The molecule has 1 aromatic rings. The molecule has 0 saturated carbocycles. The molecular formula is C15H21ClF2N2O. The maximum absolute atomic E-state index is 13.0. The molecule has 2 rings (SSSR count). The first-order chi connectivity index (χ1) is 9.37. The first-order valence-electron chi connectivity index (χ1n) is 6.83. The zero-order valence-corrected chi connectivity index (χ0v) is 13.0. The number of hydrogen-bond donors (Lipinski definition) is 2. The van der Waals surface area contributed by atoms with Crippen molar-refractivity contribution in [1.82, 2.24) is 10.6 Å². The quantitative estimate of drug-likeness (QED) is 0.896. The van der Waals surface area contributed by atoms with Crippen molar-refractivity contribution < 1.29 is 13.6 Å². The smallest absolute Gasteiger partial charge is 0.262 e. The molecule has 1 heterocycles. The van der Waals surface area contributed by atoms with Gasteiger partial charge < -0.3 is 5.32 Å². The van der Waals surface area contributed by atoms with Gasteiger partial charge >= 0.3 is 0 Å². The predicted molar refractivity (Wildman–Crippen MR) is 81.2 cm³/mol. The van der Waals surface area contributed by atoms with E-state index in [1.165, 1.54) is 0 Å². The van der Waals surface area contributed by atoms with E-state index in [1.54, 1.807) is 0 Å². The van der Waals surface area contributed by atoms with Crippen molar-refractivity contribution in [2.45, 2.75) is 38.2 Å². The molecule has 1 aliphatic heterocycles. The molecule has 1 aromatic carbocycles. The van der Waals surface area contributed by atoms with E-state index in [2.05, 4.69) is 16.7 Å². The highest BCUT2D eigenvalue weighted by molar-refractivity contribution is 5.85. The van der Waals surface area contributed by atoms with Crippen molar-refractivity contribution in [2.75, 3.05) is 13.1 Å². The van der Waals surface area contributed by atoms with Gasteiger partial charge in [0.1, 0.15) is 0 Å². The van der Waals surface area contributed by atoms with Crippen molar-refractivity contribution in [2.24, 2.45) is 0 Å². The van der Waals surface area contributed by atoms with Crippen LogP contribution in [0.4, 0.5) is 8.78 Å². The summed E-state index contributed by atoms with van der Waals surface area (Å²) in [6.45, 7) is 4.05. The SMILES string of the molecule is Cc1cccc(C(C)CNC(=O)C2CC(F)(F)CN2)c1.Cl. The van der Waals surface area contributed by atoms with E-state index in [9.17, 15) is 13.6 Å². The fourth-order valence-electron chi connectivity index (χ4n) is 2.37. The Kier molecular flexibility index (Phi) is 6.10. The molecule has 21 heavy (non-hydrogen) atoms. The average Bonchev–Trinajstić information content (AvgIpc) is 2.76. The Bertz CT molecular complexity index is 496. The van der Waals surface area contributed by atoms with Crippen molar-refractivity contribution in [3.63, 3.8) is 0 Å². The maximum atomic E-state index is 13.0. The van der Waals surface area contributed by atoms with Crippen LogP contribution in [0.15, 0.2) is 24.3 Å². The predicted octanol–water partition coefficient (Wildman–Crippen LogP) is 2.63. The number of carbonyl (C=O) groups excluding carboxylic acids is 1. The third kappa shape index (κ3) is 4.93. The summed E-state index contributed by atoms with van der Waals surface area (Å²) >= 11 is 0. The first kappa shape index (κ1) is 17.9. The molecule has 2 atom stereocenters. The van der Waals surface area contributed by atoms with Crippen LogP contribution in [-0.2, 0) is 4.79 Å². The summed E-state index contributed by atoms with van der Waals surface area (Å²) in [7, 11) is 0. The molecule has 1 fully saturated rings. The number of amides is 1. The zero-order valence-electron chi connectivity index (χ0n) is 12.2. The average molecular weight is 319 g/mol. The van der Waals surface area contributed by atoms with Gasteiger partial charge in [-0.15, -0.1) is 12.4 Å². The van der Waals surface area contributed by atoms with Gasteiger partial charge in [0.25, 0.3) is 5.92 Å². The molecule has 6 heteroatoms. The van der Waals surface area contributed by atoms with E-state index >= 15 is 0 Å². The lowest BCUT2D eigenvalue weighted by molar-refractivity contribution is -0.123. The lowest BCUT2D eigenvalue weighted by Gasteiger charge is -2.16. The zero-order chi connectivity index (χ0) is 14.8. The number of alkyl halides is 2. The van der Waals surface area contributed by atoms with Gasteiger partial charge in [0.15, 0.2) is 0 Å². The molecule has 1 amide bonds. The molecule has 1 aliphatic rings. The van der Waals surface area contributed by atoms with E-state index < -0.39 is 24.9 Å². The summed E-state index contributed by atoms with van der Waals surface area (Å²) in [5.74, 6) is -2.97. The van der Waals surface area contributed by atoms with Gasteiger partial charge in [-0.25, -0.2) is 8.78 Å². The lowest BCUT2D eigenvalue weighted by Crippen LogP contribution is -2.41. The Morgan fingerprint density at radius 3 is 2.81 bits per heavy atom. The Labute approximate surface area is 129 Å². The van der Waals surface area contributed by atoms with E-state index in [1.807, 2.05) is 32.0 Å². The van der Waals surface area contributed by atoms with Crippen molar-refractivity contribution in [3.05, 3.63) is 35.4 Å². The second kappa shape index (κ2) is 7.18. The summed E-state index contributed by atoms with van der Waals surface area (Å²) in [5.41, 5.74) is 2.30. The van der Waals surface area contributed by atoms with Crippen molar-refractivity contribution in [1.29, 1.82) is 0 Å². The number of hydrogen-bond acceptors (Lipinski definition) is 2. The highest BCUT2D eigenvalue weighted by Gasteiger charge is 2.42. The second-order valence-corrected chi connectivity index (χ2v) is 5.55. The molecule has 2 unspecified atom stereocenters. The van der Waals surface area contributed by atoms with E-state index in [-0.39, 0.29) is 24.2 Å². The first-order valence-corrected chi connectivity index (χ1v) is 6.83. The molecule has 118 valence electrons. The van der Waals surface area contributed by atoms with Gasteiger partial charge in [0.2, 0.25) is 5.91 Å². The lowest BCUT2D eigenvalue weighted by atomic mass is 9.99. The number of rotatable bonds is 4. The molecular weight excluding hydrogens is 298 g/mol. The Balaban J connectivity index is 0.00000220. The van der Waals surface area contributed by atoms with Crippen LogP contribution in [-0.4, -0.2) is 31.0 Å². The summed E-state index contributed by atoms with van der Waals surface area (Å²) in [5, 5.41) is 5.30. The van der Waals surface area contributed by atoms with Gasteiger partial charge in [0, 0.05) is 13.0 Å². The Hall–Kier alpha value is -1.20. The van der Waals surface area contributed by atoms with Crippen LogP contribution in [0.1, 0.15) is 30.4 Å². The normalized spacial score (nSPS) is 21.4. The summed E-state index contributed by atoms with van der Waals surface area (Å²) in [4.78, 5) is 11.8. The second-order valence-electron chi connectivity index (χ2n) is 5.55. The van der Waals surface area contributed by atoms with E-state index in [0.717, 1.165) is 11.1 Å². The Morgan fingerprint density at radius 2 is 2.24 bits per heavy atom. The van der Waals surface area contributed by atoms with Crippen molar-refractivity contribution in [3.8, 4) is 0 Å². The van der Waals surface area contributed by atoms with Gasteiger partial charge in [-0.05, 0) is 18.4 Å². The standard InChI is InChI=1S/C15H20F2N2O.ClH/c1-10-4-3-5-12(6-10)11(2)8-18-14(20)13-7-15(16,17)9-19-13;/h3-6,11,13,19H,7-9H2,1-2H3,(H,18,20);1H. The highest BCUT2D eigenvalue weighted by atomic mass is 35.5. The number of aryl methyl sites for hydroxylation is 1. The summed E-state index contributed by atoms with van der Waals surface area (Å²) in [6, 6.07) is 7.28. The van der Waals surface area contributed by atoms with Gasteiger partial charge in [-0.2, -0.15) is 0 Å². The minimum atomic E-state index is -2.77.